The zero-order chi connectivity index (χ0) is 13.7. The van der Waals surface area contributed by atoms with Gasteiger partial charge in [0, 0.05) is 0 Å². The lowest BCUT2D eigenvalue weighted by Crippen LogP contribution is -2.32. The second kappa shape index (κ2) is 4.28. The summed E-state index contributed by atoms with van der Waals surface area (Å²) in [5.41, 5.74) is 0.950. The monoisotopic (exact) mass is 269 g/mol. The third-order valence-corrected chi connectivity index (χ3v) is 4.63. The number of rotatable bonds is 3. The van der Waals surface area contributed by atoms with E-state index in [0.29, 0.717) is 0 Å². The molecule has 1 aromatic rings. The van der Waals surface area contributed by atoms with Crippen LogP contribution in [0, 0.1) is 23.7 Å². The first-order chi connectivity index (χ1) is 9.75. The molecule has 0 N–H and O–H groups in total. The summed E-state index contributed by atoms with van der Waals surface area (Å²) in [6, 6.07) is 9.56. The molecule has 1 saturated heterocycles. The molecule has 2 amide bonds. The third-order valence-electron chi connectivity index (χ3n) is 4.63. The Morgan fingerprint density at radius 2 is 1.60 bits per heavy atom. The summed E-state index contributed by atoms with van der Waals surface area (Å²) in [4.78, 5) is 30.2. The zero-order valence-corrected chi connectivity index (χ0v) is 10.9. The van der Waals surface area contributed by atoms with Crippen molar-refractivity contribution in [3.05, 3.63) is 48.0 Å². The highest BCUT2D eigenvalue weighted by molar-refractivity contribution is 6.05. The van der Waals surface area contributed by atoms with Crippen LogP contribution in [0.4, 0.5) is 0 Å². The average Bonchev–Trinajstić information content (AvgIpc) is 3.13. The van der Waals surface area contributed by atoms with Gasteiger partial charge in [0.15, 0.2) is 0 Å². The number of carbonyl (C=O) groups excluding carboxylic acids is 2. The van der Waals surface area contributed by atoms with Gasteiger partial charge in [0.2, 0.25) is 0 Å². The van der Waals surface area contributed by atoms with E-state index < -0.39 is 0 Å². The predicted octanol–water partition coefficient (Wildman–Crippen LogP) is 1.93. The van der Waals surface area contributed by atoms with Gasteiger partial charge in [-0.1, -0.05) is 42.5 Å². The van der Waals surface area contributed by atoms with Gasteiger partial charge in [0.1, 0.15) is 6.61 Å². The quantitative estimate of drug-likeness (QED) is 0.622. The van der Waals surface area contributed by atoms with Crippen LogP contribution >= 0.6 is 0 Å². The number of hydroxylamine groups is 2. The van der Waals surface area contributed by atoms with Gasteiger partial charge in [-0.15, -0.1) is 0 Å². The molecule has 0 spiro atoms. The van der Waals surface area contributed by atoms with Crippen LogP contribution in [0.25, 0.3) is 0 Å². The van der Waals surface area contributed by atoms with E-state index in [1.54, 1.807) is 0 Å². The van der Waals surface area contributed by atoms with Crippen molar-refractivity contribution in [2.75, 3.05) is 0 Å². The number of allylic oxidation sites excluding steroid dienone is 2. The van der Waals surface area contributed by atoms with Gasteiger partial charge < -0.3 is 0 Å². The Bertz CT molecular complexity index is 565. The van der Waals surface area contributed by atoms with Crippen LogP contribution in [0.5, 0.6) is 0 Å². The molecular weight excluding hydrogens is 254 g/mol. The van der Waals surface area contributed by atoms with Gasteiger partial charge >= 0.3 is 0 Å². The number of amides is 2. The first kappa shape index (κ1) is 11.9. The number of carbonyl (C=O) groups is 2. The van der Waals surface area contributed by atoms with Crippen molar-refractivity contribution in [3.63, 3.8) is 0 Å². The minimum atomic E-state index is -0.187. The minimum Gasteiger partial charge on any atom is -0.272 e. The largest absolute Gasteiger partial charge is 0.272 e. The fourth-order valence-corrected chi connectivity index (χ4v) is 3.72. The van der Waals surface area contributed by atoms with Crippen LogP contribution < -0.4 is 0 Å². The lowest BCUT2D eigenvalue weighted by Gasteiger charge is -2.16. The van der Waals surface area contributed by atoms with Gasteiger partial charge in [-0.2, -0.15) is 5.06 Å². The Morgan fingerprint density at radius 3 is 2.20 bits per heavy atom. The summed E-state index contributed by atoms with van der Waals surface area (Å²) >= 11 is 0. The minimum absolute atomic E-state index is 0.159. The summed E-state index contributed by atoms with van der Waals surface area (Å²) in [7, 11) is 0. The van der Waals surface area contributed by atoms with E-state index in [-0.39, 0.29) is 42.1 Å². The van der Waals surface area contributed by atoms with E-state index in [1.165, 1.54) is 0 Å². The van der Waals surface area contributed by atoms with E-state index in [1.807, 2.05) is 30.3 Å². The highest BCUT2D eigenvalue weighted by Gasteiger charge is 2.60. The lowest BCUT2D eigenvalue weighted by atomic mass is 9.85. The van der Waals surface area contributed by atoms with Crippen molar-refractivity contribution in [1.29, 1.82) is 0 Å². The molecule has 0 aromatic heterocycles. The number of benzene rings is 1. The van der Waals surface area contributed by atoms with E-state index in [9.17, 15) is 9.59 Å². The first-order valence-electron chi connectivity index (χ1n) is 6.98. The highest BCUT2D eigenvalue weighted by atomic mass is 16.7. The van der Waals surface area contributed by atoms with Crippen molar-refractivity contribution in [3.8, 4) is 0 Å². The molecule has 4 nitrogen and oxygen atoms in total. The zero-order valence-electron chi connectivity index (χ0n) is 10.9. The van der Waals surface area contributed by atoms with E-state index in [4.69, 9.17) is 4.84 Å². The number of imide groups is 1. The van der Waals surface area contributed by atoms with Gasteiger partial charge in [0.05, 0.1) is 11.8 Å². The van der Waals surface area contributed by atoms with Crippen molar-refractivity contribution >= 4 is 11.8 Å². The van der Waals surface area contributed by atoms with Crippen molar-refractivity contribution in [1.82, 2.24) is 5.06 Å². The standard InChI is InChI=1S/C16H15NO3/c18-15-13-11-6-7-12(8-11)14(13)16(19)17(15)20-9-10-4-2-1-3-5-10/h1-7,11-14H,8-9H2/t11-,12+,13+,14-. The summed E-state index contributed by atoms with van der Waals surface area (Å²) < 4.78 is 0. The normalized spacial score (nSPS) is 34.1. The number of hydrogen-bond acceptors (Lipinski definition) is 3. The molecule has 4 atom stereocenters. The maximum absolute atomic E-state index is 12.4. The molecule has 4 rings (SSSR count). The number of fused-ring (bicyclic) bond motifs is 5. The van der Waals surface area contributed by atoms with Crippen LogP contribution in [0.3, 0.4) is 0 Å². The van der Waals surface area contributed by atoms with Crippen LogP contribution in [0.2, 0.25) is 0 Å². The summed E-state index contributed by atoms with van der Waals surface area (Å²) in [6.45, 7) is 0.251. The Labute approximate surface area is 117 Å². The Hall–Kier alpha value is -1.94. The molecule has 1 aromatic carbocycles. The fourth-order valence-electron chi connectivity index (χ4n) is 3.72. The van der Waals surface area contributed by atoms with Crippen LogP contribution in [-0.2, 0) is 21.0 Å². The van der Waals surface area contributed by atoms with Gasteiger partial charge in [-0.05, 0) is 23.8 Å². The third kappa shape index (κ3) is 1.58. The molecule has 0 unspecified atom stereocenters. The predicted molar refractivity (Wildman–Crippen MR) is 70.8 cm³/mol. The Balaban J connectivity index is 1.51. The molecule has 1 aliphatic heterocycles. The molecule has 3 aliphatic rings. The molecule has 2 aliphatic carbocycles. The van der Waals surface area contributed by atoms with Crippen LogP contribution in [-0.4, -0.2) is 16.9 Å². The maximum atomic E-state index is 12.4. The summed E-state index contributed by atoms with van der Waals surface area (Å²) in [5, 5.41) is 1.01. The molecule has 1 saturated carbocycles. The molecule has 102 valence electrons. The molecule has 2 bridgehead atoms. The second-order valence-electron chi connectivity index (χ2n) is 5.73. The molecule has 1 heterocycles. The smallest absolute Gasteiger partial charge is 0.258 e. The Morgan fingerprint density at radius 1 is 1.00 bits per heavy atom. The topological polar surface area (TPSA) is 46.6 Å². The Kier molecular flexibility index (Phi) is 2.54. The molecular formula is C16H15NO3. The molecule has 20 heavy (non-hydrogen) atoms. The van der Waals surface area contributed by atoms with Crippen molar-refractivity contribution in [2.45, 2.75) is 13.0 Å². The van der Waals surface area contributed by atoms with E-state index in [2.05, 4.69) is 12.2 Å². The SMILES string of the molecule is O=C1[C@@H]2[C@H](C(=O)N1OCc1ccccc1)[C@H]1C=C[C@@H]2C1. The summed E-state index contributed by atoms with van der Waals surface area (Å²) in [6.07, 6.45) is 5.11. The van der Waals surface area contributed by atoms with Crippen molar-refractivity contribution < 1.29 is 14.4 Å². The highest BCUT2D eigenvalue weighted by Crippen LogP contribution is 2.52. The molecule has 2 fully saturated rings. The van der Waals surface area contributed by atoms with Crippen molar-refractivity contribution in [2.24, 2.45) is 23.7 Å². The van der Waals surface area contributed by atoms with Crippen LogP contribution in [0.15, 0.2) is 42.5 Å². The van der Waals surface area contributed by atoms with Gasteiger partial charge in [0.25, 0.3) is 11.8 Å². The molecule has 0 radical (unpaired) electrons. The number of nitrogens with zero attached hydrogens (tertiary/aromatic N) is 1. The lowest BCUT2D eigenvalue weighted by molar-refractivity contribution is -0.193. The maximum Gasteiger partial charge on any atom is 0.258 e. The van der Waals surface area contributed by atoms with Crippen LogP contribution in [0.1, 0.15) is 12.0 Å². The van der Waals surface area contributed by atoms with Gasteiger partial charge in [-0.25, -0.2) is 0 Å². The van der Waals surface area contributed by atoms with Gasteiger partial charge in [-0.3, -0.25) is 14.4 Å². The summed E-state index contributed by atoms with van der Waals surface area (Å²) in [5.74, 6) is -0.236. The second-order valence-corrected chi connectivity index (χ2v) is 5.73. The molecule has 4 heteroatoms. The van der Waals surface area contributed by atoms with E-state index >= 15 is 0 Å². The first-order valence-corrected chi connectivity index (χ1v) is 6.98. The average molecular weight is 269 g/mol. The van der Waals surface area contributed by atoms with E-state index in [0.717, 1.165) is 17.0 Å². The number of hydrogen-bond donors (Lipinski definition) is 0. The fraction of sp³-hybridized carbons (Fsp3) is 0.375.